The Labute approximate surface area is 114 Å². The van der Waals surface area contributed by atoms with Gasteiger partial charge < -0.3 is 10.1 Å². The van der Waals surface area contributed by atoms with Gasteiger partial charge >= 0.3 is 0 Å². The fourth-order valence-electron chi connectivity index (χ4n) is 2.75. The van der Waals surface area contributed by atoms with Gasteiger partial charge in [-0.05, 0) is 38.3 Å². The normalized spacial score (nSPS) is 23.3. The third-order valence-electron chi connectivity index (χ3n) is 3.89. The predicted octanol–water partition coefficient (Wildman–Crippen LogP) is 3.29. The minimum atomic E-state index is -0.324. The summed E-state index contributed by atoms with van der Waals surface area (Å²) < 4.78 is 20.0. The number of hydrogen-bond acceptors (Lipinski definition) is 3. The number of hydrogen-bond donors (Lipinski definition) is 1. The van der Waals surface area contributed by atoms with E-state index in [1.807, 2.05) is 0 Å². The van der Waals surface area contributed by atoms with Crippen LogP contribution in [0.4, 0.5) is 4.39 Å². The zero-order chi connectivity index (χ0) is 13.7. The lowest BCUT2D eigenvalue weighted by molar-refractivity contribution is 0.111. The summed E-state index contributed by atoms with van der Waals surface area (Å²) in [6, 6.07) is 1.69. The lowest BCUT2D eigenvalue weighted by atomic mass is 9.85. The Hall–Kier alpha value is -1.16. The molecule has 4 heteroatoms. The fraction of sp³-hybridized carbons (Fsp3) is 0.667. The molecule has 19 heavy (non-hydrogen) atoms. The van der Waals surface area contributed by atoms with Gasteiger partial charge in [-0.2, -0.15) is 0 Å². The van der Waals surface area contributed by atoms with Crippen LogP contribution >= 0.6 is 0 Å². The maximum atomic E-state index is 14.2. The van der Waals surface area contributed by atoms with Crippen LogP contribution in [0.1, 0.15) is 44.6 Å². The third kappa shape index (κ3) is 3.66. The van der Waals surface area contributed by atoms with E-state index in [1.165, 1.54) is 19.3 Å². The molecule has 106 valence electrons. The van der Waals surface area contributed by atoms with Crippen LogP contribution in [0.2, 0.25) is 0 Å². The van der Waals surface area contributed by atoms with Crippen LogP contribution in [0, 0.1) is 11.7 Å². The molecule has 1 fully saturated rings. The number of nitrogens with one attached hydrogen (secondary N) is 1. The molecule has 2 atom stereocenters. The maximum absolute atomic E-state index is 14.2. The van der Waals surface area contributed by atoms with Crippen LogP contribution in [0.25, 0.3) is 0 Å². The molecule has 2 unspecified atom stereocenters. The number of pyridine rings is 1. The maximum Gasteiger partial charge on any atom is 0.250 e. The standard InChI is InChI=1S/C15H23FN2O/c1-3-11-5-4-6-13(9-11)19-15-14(16)12(10-17-2)7-8-18-15/h7-8,11,13,17H,3-6,9-10H2,1-2H3. The van der Waals surface area contributed by atoms with Crippen LogP contribution in [-0.2, 0) is 6.54 Å². The summed E-state index contributed by atoms with van der Waals surface area (Å²) in [4.78, 5) is 4.04. The quantitative estimate of drug-likeness (QED) is 0.888. The molecule has 2 rings (SSSR count). The Morgan fingerprint density at radius 1 is 1.47 bits per heavy atom. The van der Waals surface area contributed by atoms with Crippen molar-refractivity contribution < 1.29 is 9.13 Å². The van der Waals surface area contributed by atoms with Gasteiger partial charge in [-0.25, -0.2) is 9.37 Å². The van der Waals surface area contributed by atoms with E-state index in [9.17, 15) is 4.39 Å². The second-order valence-corrected chi connectivity index (χ2v) is 5.30. The van der Waals surface area contributed by atoms with Gasteiger partial charge in [0.2, 0.25) is 0 Å². The summed E-state index contributed by atoms with van der Waals surface area (Å²) in [5.74, 6) is 0.548. The molecule has 0 radical (unpaired) electrons. The average Bonchev–Trinajstić information content (AvgIpc) is 2.44. The van der Waals surface area contributed by atoms with Crippen molar-refractivity contribution in [2.24, 2.45) is 5.92 Å². The second kappa shape index (κ2) is 6.85. The van der Waals surface area contributed by atoms with Gasteiger partial charge in [-0.1, -0.05) is 19.8 Å². The Balaban J connectivity index is 2.04. The van der Waals surface area contributed by atoms with Crippen LogP contribution in [0.5, 0.6) is 5.88 Å². The van der Waals surface area contributed by atoms with Crippen molar-refractivity contribution in [1.82, 2.24) is 10.3 Å². The van der Waals surface area contributed by atoms with Crippen molar-refractivity contribution in [2.75, 3.05) is 7.05 Å². The van der Waals surface area contributed by atoms with Crippen LogP contribution in [-0.4, -0.2) is 18.1 Å². The summed E-state index contributed by atoms with van der Waals surface area (Å²) in [6.07, 6.45) is 7.38. The Morgan fingerprint density at radius 2 is 2.32 bits per heavy atom. The summed E-state index contributed by atoms with van der Waals surface area (Å²) in [5.41, 5.74) is 0.607. The smallest absolute Gasteiger partial charge is 0.250 e. The van der Waals surface area contributed by atoms with Gasteiger partial charge in [-0.3, -0.25) is 0 Å². The van der Waals surface area contributed by atoms with E-state index in [2.05, 4.69) is 17.2 Å². The van der Waals surface area contributed by atoms with E-state index in [1.54, 1.807) is 19.3 Å². The number of halogens is 1. The molecule has 0 bridgehead atoms. The van der Waals surface area contributed by atoms with Gasteiger partial charge in [0, 0.05) is 18.3 Å². The highest BCUT2D eigenvalue weighted by atomic mass is 19.1. The molecule has 1 heterocycles. The lowest BCUT2D eigenvalue weighted by Gasteiger charge is -2.28. The van der Waals surface area contributed by atoms with Crippen molar-refractivity contribution in [1.29, 1.82) is 0 Å². The summed E-state index contributed by atoms with van der Waals surface area (Å²) in [6.45, 7) is 2.70. The molecule has 0 spiro atoms. The Kier molecular flexibility index (Phi) is 5.14. The number of nitrogens with zero attached hydrogens (tertiary/aromatic N) is 1. The lowest BCUT2D eigenvalue weighted by Crippen LogP contribution is -2.26. The van der Waals surface area contributed by atoms with E-state index < -0.39 is 0 Å². The summed E-state index contributed by atoms with van der Waals surface area (Å²) >= 11 is 0. The highest BCUT2D eigenvalue weighted by molar-refractivity contribution is 5.23. The first kappa shape index (κ1) is 14.3. The molecule has 0 aromatic carbocycles. The first-order valence-electron chi connectivity index (χ1n) is 7.19. The molecular weight excluding hydrogens is 243 g/mol. The van der Waals surface area contributed by atoms with E-state index in [-0.39, 0.29) is 17.8 Å². The van der Waals surface area contributed by atoms with Crippen LogP contribution in [0.15, 0.2) is 12.3 Å². The molecular formula is C15H23FN2O. The Morgan fingerprint density at radius 3 is 3.05 bits per heavy atom. The van der Waals surface area contributed by atoms with E-state index in [0.717, 1.165) is 12.8 Å². The topological polar surface area (TPSA) is 34.1 Å². The van der Waals surface area contributed by atoms with Gasteiger partial charge in [0.1, 0.15) is 6.10 Å². The monoisotopic (exact) mass is 266 g/mol. The fourth-order valence-corrected chi connectivity index (χ4v) is 2.75. The second-order valence-electron chi connectivity index (χ2n) is 5.30. The van der Waals surface area contributed by atoms with E-state index >= 15 is 0 Å². The number of rotatable bonds is 5. The zero-order valence-electron chi connectivity index (χ0n) is 11.8. The molecule has 1 N–H and O–H groups in total. The summed E-state index contributed by atoms with van der Waals surface area (Å²) in [7, 11) is 1.80. The van der Waals surface area contributed by atoms with Crippen molar-refractivity contribution in [3.8, 4) is 5.88 Å². The van der Waals surface area contributed by atoms with E-state index in [0.29, 0.717) is 18.0 Å². The predicted molar refractivity (Wildman–Crippen MR) is 73.6 cm³/mol. The minimum absolute atomic E-state index is 0.116. The van der Waals surface area contributed by atoms with Crippen molar-refractivity contribution >= 4 is 0 Å². The van der Waals surface area contributed by atoms with Gasteiger partial charge in [0.15, 0.2) is 5.82 Å². The van der Waals surface area contributed by atoms with Gasteiger partial charge in [0.25, 0.3) is 5.88 Å². The van der Waals surface area contributed by atoms with Crippen LogP contribution in [0.3, 0.4) is 0 Å². The third-order valence-corrected chi connectivity index (χ3v) is 3.89. The molecule has 1 aromatic heterocycles. The average molecular weight is 266 g/mol. The van der Waals surface area contributed by atoms with E-state index in [4.69, 9.17) is 4.74 Å². The van der Waals surface area contributed by atoms with Gasteiger partial charge in [-0.15, -0.1) is 0 Å². The first-order valence-corrected chi connectivity index (χ1v) is 7.19. The molecule has 1 aliphatic carbocycles. The molecule has 3 nitrogen and oxygen atoms in total. The van der Waals surface area contributed by atoms with Crippen molar-refractivity contribution in [2.45, 2.75) is 51.7 Å². The molecule has 1 aromatic rings. The molecule has 0 amide bonds. The Bertz CT molecular complexity index is 411. The number of ether oxygens (including phenoxy) is 1. The molecule has 0 saturated heterocycles. The SMILES string of the molecule is CCC1CCCC(Oc2nccc(CNC)c2F)C1. The number of aromatic nitrogens is 1. The minimum Gasteiger partial charge on any atom is -0.472 e. The highest BCUT2D eigenvalue weighted by Gasteiger charge is 2.23. The largest absolute Gasteiger partial charge is 0.472 e. The molecule has 1 saturated carbocycles. The highest BCUT2D eigenvalue weighted by Crippen LogP contribution is 2.30. The van der Waals surface area contributed by atoms with Crippen molar-refractivity contribution in [3.05, 3.63) is 23.6 Å². The van der Waals surface area contributed by atoms with Crippen molar-refractivity contribution in [3.63, 3.8) is 0 Å². The van der Waals surface area contributed by atoms with Gasteiger partial charge in [0.05, 0.1) is 0 Å². The zero-order valence-corrected chi connectivity index (χ0v) is 11.8. The molecule has 1 aliphatic rings. The van der Waals surface area contributed by atoms with Crippen LogP contribution < -0.4 is 10.1 Å². The first-order chi connectivity index (χ1) is 9.24. The summed E-state index contributed by atoms with van der Waals surface area (Å²) in [5, 5.41) is 2.95. The molecule has 0 aliphatic heterocycles.